The average molecular weight is 340 g/mol. The normalized spacial score (nSPS) is 20.3. The van der Waals surface area contributed by atoms with E-state index in [-0.39, 0.29) is 5.75 Å². The van der Waals surface area contributed by atoms with E-state index < -0.39 is 5.60 Å². The zero-order valence-electron chi connectivity index (χ0n) is 13.8. The van der Waals surface area contributed by atoms with Gasteiger partial charge in [0.05, 0.1) is 26.1 Å². The first-order chi connectivity index (χ1) is 12.3. The zero-order chi connectivity index (χ0) is 17.1. The molecule has 0 amide bonds. The number of ether oxygens (including phenoxy) is 1. The highest BCUT2D eigenvalue weighted by Gasteiger charge is 2.39. The smallest absolute Gasteiger partial charge is 0.175 e. The second-order valence-corrected chi connectivity index (χ2v) is 6.23. The van der Waals surface area contributed by atoms with Gasteiger partial charge in [-0.25, -0.2) is 9.78 Å². The number of rotatable bonds is 6. The van der Waals surface area contributed by atoms with Gasteiger partial charge < -0.3 is 14.3 Å². The van der Waals surface area contributed by atoms with Gasteiger partial charge in [-0.3, -0.25) is 0 Å². The predicted molar refractivity (Wildman–Crippen MR) is 92.2 cm³/mol. The maximum absolute atomic E-state index is 9.80. The Bertz CT molecular complexity index is 834. The van der Waals surface area contributed by atoms with Gasteiger partial charge in [0.15, 0.2) is 16.9 Å². The van der Waals surface area contributed by atoms with Crippen LogP contribution in [0.25, 0.3) is 11.0 Å². The van der Waals surface area contributed by atoms with E-state index in [0.717, 1.165) is 22.9 Å². The number of hydrogen-bond acceptors (Lipinski definition) is 5. The van der Waals surface area contributed by atoms with Crippen LogP contribution < -0.4 is 0 Å². The minimum absolute atomic E-state index is 0.157. The molecule has 0 saturated carbocycles. The molecule has 130 valence electrons. The van der Waals surface area contributed by atoms with Crippen molar-refractivity contribution in [1.82, 2.24) is 0 Å². The molecule has 0 spiro atoms. The molecule has 3 aromatic rings. The first kappa shape index (κ1) is 16.1. The fourth-order valence-corrected chi connectivity index (χ4v) is 3.22. The molecule has 0 bridgehead atoms. The van der Waals surface area contributed by atoms with Crippen LogP contribution in [0.1, 0.15) is 17.5 Å². The summed E-state index contributed by atoms with van der Waals surface area (Å²) >= 11 is 0. The minimum atomic E-state index is -0.544. The maximum atomic E-state index is 9.80. The lowest BCUT2D eigenvalue weighted by Crippen LogP contribution is -2.31. The molecule has 2 heterocycles. The summed E-state index contributed by atoms with van der Waals surface area (Å²) < 4.78 is 11.4. The van der Waals surface area contributed by atoms with Crippen molar-refractivity contribution in [2.75, 3.05) is 19.8 Å². The van der Waals surface area contributed by atoms with Crippen molar-refractivity contribution in [2.45, 2.75) is 18.4 Å². The van der Waals surface area contributed by atoms with E-state index in [0.29, 0.717) is 31.8 Å². The summed E-state index contributed by atoms with van der Waals surface area (Å²) in [7, 11) is 0. The zero-order valence-corrected chi connectivity index (χ0v) is 13.8. The number of phenolic OH excluding ortho intramolecular Hbond substituents is 1. The van der Waals surface area contributed by atoms with Crippen LogP contribution in [0, 0.1) is 0 Å². The highest BCUT2D eigenvalue weighted by Crippen LogP contribution is 2.35. The van der Waals surface area contributed by atoms with E-state index in [1.807, 2.05) is 42.5 Å². The summed E-state index contributed by atoms with van der Waals surface area (Å²) in [5, 5.41) is 10.7. The number of fused-ring (bicyclic) bond motifs is 1. The molecule has 1 saturated heterocycles. The van der Waals surface area contributed by atoms with Crippen LogP contribution in [-0.2, 0) is 26.5 Å². The quantitative estimate of drug-likeness (QED) is 0.544. The molecule has 1 unspecified atom stereocenters. The van der Waals surface area contributed by atoms with Crippen molar-refractivity contribution in [1.29, 1.82) is 0 Å². The first-order valence-corrected chi connectivity index (χ1v) is 8.40. The monoisotopic (exact) mass is 340 g/mol. The number of benzene rings is 2. The molecule has 1 aliphatic heterocycles. The first-order valence-electron chi connectivity index (χ1n) is 8.40. The van der Waals surface area contributed by atoms with Gasteiger partial charge in [-0.15, -0.1) is 0 Å². The Labute approximate surface area is 145 Å². The van der Waals surface area contributed by atoms with Crippen LogP contribution in [0.4, 0.5) is 0 Å². The molecular formula is C20H20O5. The van der Waals surface area contributed by atoms with E-state index in [4.69, 9.17) is 18.9 Å². The Kier molecular flexibility index (Phi) is 4.44. The highest BCUT2D eigenvalue weighted by molar-refractivity contribution is 5.85. The molecule has 1 N–H and O–H groups in total. The average Bonchev–Trinajstić information content (AvgIpc) is 3.28. The molecule has 5 heteroatoms. The SMILES string of the molecule is Oc1cccc2c(CCOCC3(c4ccccc4)CCOO3)coc12. The number of furan rings is 1. The lowest BCUT2D eigenvalue weighted by molar-refractivity contribution is -0.322. The fraction of sp³-hybridized carbons (Fsp3) is 0.300. The second-order valence-electron chi connectivity index (χ2n) is 6.23. The number of hydrogen-bond donors (Lipinski definition) is 1. The van der Waals surface area contributed by atoms with Crippen LogP contribution in [0.3, 0.4) is 0 Å². The standard InChI is InChI=1S/C20H20O5/c21-18-8-4-7-17-15(13-23-19(17)18)9-11-22-14-20(10-12-24-25-20)16-5-2-1-3-6-16/h1-8,13,21H,9-12,14H2. The molecule has 1 fully saturated rings. The van der Waals surface area contributed by atoms with Gasteiger partial charge in [0.25, 0.3) is 0 Å². The molecule has 4 rings (SSSR count). The van der Waals surface area contributed by atoms with E-state index in [2.05, 4.69) is 0 Å². The molecule has 1 aliphatic rings. The van der Waals surface area contributed by atoms with E-state index >= 15 is 0 Å². The van der Waals surface area contributed by atoms with Crippen molar-refractivity contribution < 1.29 is 24.0 Å². The number of aromatic hydroxyl groups is 1. The van der Waals surface area contributed by atoms with E-state index in [1.54, 1.807) is 12.3 Å². The van der Waals surface area contributed by atoms with Crippen LogP contribution >= 0.6 is 0 Å². The Hall–Kier alpha value is -2.34. The summed E-state index contributed by atoms with van der Waals surface area (Å²) in [5.74, 6) is 0.157. The van der Waals surface area contributed by atoms with Crippen LogP contribution in [0.5, 0.6) is 5.75 Å². The largest absolute Gasteiger partial charge is 0.504 e. The van der Waals surface area contributed by atoms with Crippen molar-refractivity contribution >= 4 is 11.0 Å². The third-order valence-corrected chi connectivity index (χ3v) is 4.62. The Balaban J connectivity index is 1.40. The van der Waals surface area contributed by atoms with E-state index in [1.165, 1.54) is 0 Å². The van der Waals surface area contributed by atoms with Gasteiger partial charge in [0.2, 0.25) is 0 Å². The van der Waals surface area contributed by atoms with Gasteiger partial charge >= 0.3 is 0 Å². The fourth-order valence-electron chi connectivity index (χ4n) is 3.22. The molecule has 5 nitrogen and oxygen atoms in total. The summed E-state index contributed by atoms with van der Waals surface area (Å²) in [4.78, 5) is 10.7. The molecule has 1 atom stereocenters. The summed E-state index contributed by atoms with van der Waals surface area (Å²) in [6.45, 7) is 1.52. The summed E-state index contributed by atoms with van der Waals surface area (Å²) in [5.41, 5.74) is 2.05. The van der Waals surface area contributed by atoms with Crippen LogP contribution in [0.15, 0.2) is 59.2 Å². The van der Waals surface area contributed by atoms with Gasteiger partial charge in [0, 0.05) is 17.4 Å². The summed E-state index contributed by atoms with van der Waals surface area (Å²) in [6.07, 6.45) is 3.14. The Morgan fingerprint density at radius 1 is 1.08 bits per heavy atom. The Morgan fingerprint density at radius 2 is 1.96 bits per heavy atom. The lowest BCUT2D eigenvalue weighted by atomic mass is 9.92. The van der Waals surface area contributed by atoms with Crippen molar-refractivity contribution in [3.8, 4) is 5.75 Å². The van der Waals surface area contributed by atoms with Gasteiger partial charge in [-0.2, -0.15) is 0 Å². The summed E-state index contributed by atoms with van der Waals surface area (Å²) in [6, 6.07) is 15.4. The molecule has 1 aromatic heterocycles. The third kappa shape index (κ3) is 3.14. The number of phenols is 1. The molecule has 25 heavy (non-hydrogen) atoms. The molecule has 0 radical (unpaired) electrons. The maximum Gasteiger partial charge on any atom is 0.175 e. The predicted octanol–water partition coefficient (Wildman–Crippen LogP) is 3.94. The minimum Gasteiger partial charge on any atom is -0.504 e. The molecular weight excluding hydrogens is 320 g/mol. The molecule has 2 aromatic carbocycles. The van der Waals surface area contributed by atoms with Crippen LogP contribution in [0.2, 0.25) is 0 Å². The van der Waals surface area contributed by atoms with Crippen molar-refractivity contribution in [3.63, 3.8) is 0 Å². The third-order valence-electron chi connectivity index (χ3n) is 4.62. The lowest BCUT2D eigenvalue weighted by Gasteiger charge is -2.26. The number of para-hydroxylation sites is 1. The van der Waals surface area contributed by atoms with Gasteiger partial charge in [0.1, 0.15) is 0 Å². The molecule has 0 aliphatic carbocycles. The topological polar surface area (TPSA) is 61.1 Å². The van der Waals surface area contributed by atoms with Crippen molar-refractivity contribution in [3.05, 3.63) is 65.9 Å². The van der Waals surface area contributed by atoms with Crippen LogP contribution in [-0.4, -0.2) is 24.9 Å². The van der Waals surface area contributed by atoms with Gasteiger partial charge in [-0.1, -0.05) is 42.5 Å². The van der Waals surface area contributed by atoms with Gasteiger partial charge in [-0.05, 0) is 18.1 Å². The van der Waals surface area contributed by atoms with Crippen molar-refractivity contribution in [2.24, 2.45) is 0 Å². The second kappa shape index (κ2) is 6.88. The highest BCUT2D eigenvalue weighted by atomic mass is 17.2. The van der Waals surface area contributed by atoms with E-state index in [9.17, 15) is 5.11 Å². The Morgan fingerprint density at radius 3 is 2.76 bits per heavy atom.